The first kappa shape index (κ1) is 28.6. The van der Waals surface area contributed by atoms with E-state index < -0.39 is 9.84 Å². The predicted molar refractivity (Wildman–Crippen MR) is 163 cm³/mol. The maximum Gasteiger partial charge on any atom is 0.228 e. The van der Waals surface area contributed by atoms with Crippen LogP contribution in [0.25, 0.3) is 22.6 Å². The van der Waals surface area contributed by atoms with E-state index in [1.807, 2.05) is 54.6 Å². The number of sulfone groups is 1. The lowest BCUT2D eigenvalue weighted by Gasteiger charge is -2.25. The molecule has 0 radical (unpaired) electrons. The molecule has 0 spiro atoms. The second-order valence-corrected chi connectivity index (χ2v) is 11.9. The Hall–Kier alpha value is -4.90. The Labute approximate surface area is 244 Å². The highest BCUT2D eigenvalue weighted by molar-refractivity contribution is 7.90. The standard InChI is InChI=1S/C31H31N7O3S/c1-3-17-38(21-23-9-5-4-6-10-23)29-20-24(32-30(39)18-22-13-15-25(16-14-22)42(2,40)41)19-28(33-29)26-11-7-8-12-27(26)31-34-36-37-35-31/h4-16,19-20H,3,17-18,21H2,1-2H3,(H,32,33,39)(H,34,35,36,37). The lowest BCUT2D eigenvalue weighted by Crippen LogP contribution is -2.25. The van der Waals surface area contributed by atoms with Gasteiger partial charge in [0.25, 0.3) is 0 Å². The zero-order valence-corrected chi connectivity index (χ0v) is 24.2. The second-order valence-electron chi connectivity index (χ2n) is 9.93. The molecule has 2 N–H and O–H groups in total. The molecule has 2 aromatic heterocycles. The van der Waals surface area contributed by atoms with Crippen molar-refractivity contribution in [1.29, 1.82) is 0 Å². The Morgan fingerprint density at radius 1 is 0.905 bits per heavy atom. The van der Waals surface area contributed by atoms with Gasteiger partial charge in [-0.05, 0) is 41.0 Å². The number of anilines is 2. The summed E-state index contributed by atoms with van der Waals surface area (Å²) >= 11 is 0. The molecule has 0 aliphatic rings. The molecule has 0 unspecified atom stereocenters. The van der Waals surface area contributed by atoms with Crippen molar-refractivity contribution < 1.29 is 13.2 Å². The Morgan fingerprint density at radius 2 is 1.62 bits per heavy atom. The van der Waals surface area contributed by atoms with Crippen LogP contribution in [0.1, 0.15) is 24.5 Å². The van der Waals surface area contributed by atoms with Crippen molar-refractivity contribution in [2.24, 2.45) is 0 Å². The molecule has 0 aliphatic carbocycles. The number of rotatable bonds is 11. The zero-order valence-electron chi connectivity index (χ0n) is 23.4. The first-order valence-electron chi connectivity index (χ1n) is 13.5. The van der Waals surface area contributed by atoms with E-state index in [0.29, 0.717) is 35.1 Å². The smallest absolute Gasteiger partial charge is 0.228 e. The number of pyridine rings is 1. The fraction of sp³-hybridized carbons (Fsp3) is 0.194. The number of amides is 1. The Kier molecular flexibility index (Phi) is 8.68. The average molecular weight is 582 g/mol. The second kappa shape index (κ2) is 12.7. The summed E-state index contributed by atoms with van der Waals surface area (Å²) in [6.07, 6.45) is 2.15. The van der Waals surface area contributed by atoms with Gasteiger partial charge in [-0.1, -0.05) is 73.7 Å². The third kappa shape index (κ3) is 7.05. The largest absolute Gasteiger partial charge is 0.352 e. The Morgan fingerprint density at radius 3 is 2.29 bits per heavy atom. The molecule has 1 amide bonds. The van der Waals surface area contributed by atoms with Gasteiger partial charge >= 0.3 is 0 Å². The molecule has 5 aromatic rings. The van der Waals surface area contributed by atoms with Crippen LogP contribution >= 0.6 is 0 Å². The van der Waals surface area contributed by atoms with Gasteiger partial charge in [-0.15, -0.1) is 10.2 Å². The van der Waals surface area contributed by atoms with Gasteiger partial charge in [0.15, 0.2) is 9.84 Å². The van der Waals surface area contributed by atoms with E-state index in [0.717, 1.165) is 35.9 Å². The number of tetrazole rings is 1. The van der Waals surface area contributed by atoms with E-state index in [4.69, 9.17) is 4.98 Å². The van der Waals surface area contributed by atoms with E-state index in [2.05, 4.69) is 49.9 Å². The maximum absolute atomic E-state index is 13.2. The summed E-state index contributed by atoms with van der Waals surface area (Å²) in [5.41, 5.74) is 4.63. The molecule has 0 fully saturated rings. The maximum atomic E-state index is 13.2. The Bertz CT molecular complexity index is 1760. The van der Waals surface area contributed by atoms with Crippen molar-refractivity contribution in [2.75, 3.05) is 23.0 Å². The van der Waals surface area contributed by atoms with Crippen LogP contribution in [0.5, 0.6) is 0 Å². The van der Waals surface area contributed by atoms with E-state index in [1.165, 1.54) is 12.1 Å². The van der Waals surface area contributed by atoms with Crippen LogP contribution in [0.3, 0.4) is 0 Å². The van der Waals surface area contributed by atoms with Gasteiger partial charge in [-0.25, -0.2) is 13.4 Å². The molecule has 5 rings (SSSR count). The molecule has 0 atom stereocenters. The van der Waals surface area contributed by atoms with Gasteiger partial charge in [0.05, 0.1) is 17.0 Å². The van der Waals surface area contributed by atoms with Crippen molar-refractivity contribution >= 4 is 27.2 Å². The van der Waals surface area contributed by atoms with Gasteiger partial charge in [0.1, 0.15) is 5.82 Å². The molecular formula is C31H31N7O3S. The molecule has 3 aromatic carbocycles. The van der Waals surface area contributed by atoms with Crippen molar-refractivity contribution in [3.05, 3.63) is 102 Å². The highest BCUT2D eigenvalue weighted by Gasteiger charge is 2.17. The highest BCUT2D eigenvalue weighted by Crippen LogP contribution is 2.32. The van der Waals surface area contributed by atoms with Crippen LogP contribution < -0.4 is 10.2 Å². The average Bonchev–Trinajstić information content (AvgIpc) is 3.52. The summed E-state index contributed by atoms with van der Waals surface area (Å²) < 4.78 is 23.6. The summed E-state index contributed by atoms with van der Waals surface area (Å²) in [7, 11) is -3.32. The summed E-state index contributed by atoms with van der Waals surface area (Å²) in [5, 5.41) is 17.6. The number of nitrogens with zero attached hydrogens (tertiary/aromatic N) is 5. The summed E-state index contributed by atoms with van der Waals surface area (Å²) in [5.74, 6) is 0.923. The van der Waals surface area contributed by atoms with E-state index in [9.17, 15) is 13.2 Å². The van der Waals surface area contributed by atoms with Crippen LogP contribution in [0, 0.1) is 0 Å². The van der Waals surface area contributed by atoms with Crippen LogP contribution in [-0.4, -0.2) is 52.7 Å². The molecule has 42 heavy (non-hydrogen) atoms. The monoisotopic (exact) mass is 581 g/mol. The zero-order chi connectivity index (χ0) is 29.5. The predicted octanol–water partition coefficient (Wildman–Crippen LogP) is 4.93. The fourth-order valence-corrected chi connectivity index (χ4v) is 5.29. The Balaban J connectivity index is 1.50. The molecule has 2 heterocycles. The van der Waals surface area contributed by atoms with E-state index in [1.54, 1.807) is 12.1 Å². The molecule has 0 saturated heterocycles. The quantitative estimate of drug-likeness (QED) is 0.224. The number of H-pyrrole nitrogens is 1. The van der Waals surface area contributed by atoms with Gasteiger partial charge in [-0.2, -0.15) is 5.21 Å². The van der Waals surface area contributed by atoms with Crippen LogP contribution in [0.2, 0.25) is 0 Å². The number of aromatic nitrogens is 5. The molecule has 0 aliphatic heterocycles. The van der Waals surface area contributed by atoms with Crippen LogP contribution in [0.15, 0.2) is 95.9 Å². The first-order valence-corrected chi connectivity index (χ1v) is 15.4. The summed E-state index contributed by atoms with van der Waals surface area (Å²) in [6.45, 7) is 3.53. The number of aromatic amines is 1. The fourth-order valence-electron chi connectivity index (χ4n) is 4.66. The molecule has 0 bridgehead atoms. The number of carbonyl (C=O) groups is 1. The molecule has 214 valence electrons. The van der Waals surface area contributed by atoms with Crippen molar-refractivity contribution in [2.45, 2.75) is 31.2 Å². The van der Waals surface area contributed by atoms with Gasteiger partial charge in [0, 0.05) is 42.2 Å². The normalized spacial score (nSPS) is 11.3. The van der Waals surface area contributed by atoms with Gasteiger partial charge in [-0.3, -0.25) is 4.79 Å². The molecular weight excluding hydrogens is 550 g/mol. The minimum Gasteiger partial charge on any atom is -0.352 e. The third-order valence-corrected chi connectivity index (χ3v) is 7.76. The number of benzene rings is 3. The van der Waals surface area contributed by atoms with Crippen molar-refractivity contribution in [1.82, 2.24) is 25.6 Å². The van der Waals surface area contributed by atoms with Crippen molar-refractivity contribution in [3.63, 3.8) is 0 Å². The first-order chi connectivity index (χ1) is 20.3. The van der Waals surface area contributed by atoms with E-state index in [-0.39, 0.29) is 17.2 Å². The molecule has 0 saturated carbocycles. The number of hydrogen-bond acceptors (Lipinski definition) is 8. The molecule has 11 heteroatoms. The summed E-state index contributed by atoms with van der Waals surface area (Å²) in [6, 6.07) is 27.9. The minimum absolute atomic E-state index is 0.0825. The van der Waals surface area contributed by atoms with Gasteiger partial charge < -0.3 is 10.2 Å². The summed E-state index contributed by atoms with van der Waals surface area (Å²) in [4.78, 5) is 20.6. The number of carbonyl (C=O) groups excluding carboxylic acids is 1. The number of nitrogens with one attached hydrogen (secondary N) is 2. The minimum atomic E-state index is -3.32. The number of hydrogen-bond donors (Lipinski definition) is 2. The van der Waals surface area contributed by atoms with Gasteiger partial charge in [0.2, 0.25) is 11.7 Å². The third-order valence-electron chi connectivity index (χ3n) is 6.63. The van der Waals surface area contributed by atoms with Crippen molar-refractivity contribution in [3.8, 4) is 22.6 Å². The molecule has 10 nitrogen and oxygen atoms in total. The topological polar surface area (TPSA) is 134 Å². The highest BCUT2D eigenvalue weighted by atomic mass is 32.2. The van der Waals surface area contributed by atoms with Crippen LogP contribution in [0.4, 0.5) is 11.5 Å². The van der Waals surface area contributed by atoms with Crippen LogP contribution in [-0.2, 0) is 27.6 Å². The van der Waals surface area contributed by atoms with E-state index >= 15 is 0 Å². The lowest BCUT2D eigenvalue weighted by molar-refractivity contribution is -0.115. The lowest BCUT2D eigenvalue weighted by atomic mass is 10.0. The SMILES string of the molecule is CCCN(Cc1ccccc1)c1cc(NC(=O)Cc2ccc(S(C)(=O)=O)cc2)cc(-c2ccccc2-c2nn[nH]n2)n1.